The van der Waals surface area contributed by atoms with E-state index in [1.54, 1.807) is 10.9 Å². The van der Waals surface area contributed by atoms with E-state index in [0.29, 0.717) is 11.7 Å². The molecule has 1 N–H and O–H groups in total. The molecule has 1 aliphatic carbocycles. The maximum Gasteiger partial charge on any atom is 0.360 e. The topological polar surface area (TPSA) is 81.9 Å². The molecule has 0 aromatic carbocycles. The van der Waals surface area contributed by atoms with Crippen LogP contribution in [0.4, 0.5) is 11.5 Å². The SMILES string of the molecule is COC(=O)c1nc(Cl)c(C2CC2)nc1Nc1cnn(C)c1C. The molecule has 8 heteroatoms. The third kappa shape index (κ3) is 2.64. The largest absolute Gasteiger partial charge is 0.464 e. The monoisotopic (exact) mass is 321 g/mol. The molecule has 0 radical (unpaired) electrons. The second kappa shape index (κ2) is 5.57. The van der Waals surface area contributed by atoms with Crippen molar-refractivity contribution in [3.63, 3.8) is 0 Å². The highest BCUT2D eigenvalue weighted by atomic mass is 35.5. The summed E-state index contributed by atoms with van der Waals surface area (Å²) in [6, 6.07) is 0. The van der Waals surface area contributed by atoms with Crippen LogP contribution in [0.25, 0.3) is 0 Å². The molecular weight excluding hydrogens is 306 g/mol. The van der Waals surface area contributed by atoms with E-state index in [9.17, 15) is 4.79 Å². The number of nitrogens with zero attached hydrogens (tertiary/aromatic N) is 4. The molecule has 1 saturated carbocycles. The first kappa shape index (κ1) is 14.8. The highest BCUT2D eigenvalue weighted by molar-refractivity contribution is 6.30. The maximum atomic E-state index is 11.9. The summed E-state index contributed by atoms with van der Waals surface area (Å²) in [5.41, 5.74) is 2.46. The van der Waals surface area contributed by atoms with Crippen LogP contribution in [0.5, 0.6) is 0 Å². The van der Waals surface area contributed by atoms with Crippen LogP contribution in [-0.4, -0.2) is 32.8 Å². The Morgan fingerprint density at radius 1 is 1.45 bits per heavy atom. The molecule has 22 heavy (non-hydrogen) atoms. The van der Waals surface area contributed by atoms with Gasteiger partial charge in [0.15, 0.2) is 16.7 Å². The van der Waals surface area contributed by atoms with E-state index in [1.165, 1.54) is 7.11 Å². The van der Waals surface area contributed by atoms with E-state index in [2.05, 4.69) is 20.4 Å². The van der Waals surface area contributed by atoms with E-state index in [0.717, 1.165) is 29.9 Å². The molecule has 0 aliphatic heterocycles. The molecule has 3 rings (SSSR count). The van der Waals surface area contributed by atoms with Gasteiger partial charge in [-0.3, -0.25) is 4.68 Å². The van der Waals surface area contributed by atoms with E-state index in [4.69, 9.17) is 16.3 Å². The predicted molar refractivity (Wildman–Crippen MR) is 81.6 cm³/mol. The third-order valence-electron chi connectivity index (χ3n) is 3.71. The number of rotatable bonds is 4. The molecule has 116 valence electrons. The van der Waals surface area contributed by atoms with Gasteiger partial charge in [0.1, 0.15) is 0 Å². The van der Waals surface area contributed by atoms with Crippen LogP contribution in [0.3, 0.4) is 0 Å². The highest BCUT2D eigenvalue weighted by Gasteiger charge is 2.30. The lowest BCUT2D eigenvalue weighted by Gasteiger charge is -2.11. The van der Waals surface area contributed by atoms with Crippen molar-refractivity contribution in [2.24, 2.45) is 7.05 Å². The number of anilines is 2. The molecule has 0 atom stereocenters. The molecule has 1 aliphatic rings. The second-order valence-electron chi connectivity index (χ2n) is 5.25. The molecule has 2 aromatic heterocycles. The Balaban J connectivity index is 2.04. The number of hydrogen-bond donors (Lipinski definition) is 1. The number of methoxy groups -OCH3 is 1. The van der Waals surface area contributed by atoms with Gasteiger partial charge in [-0.2, -0.15) is 5.10 Å². The van der Waals surface area contributed by atoms with Gasteiger partial charge in [0.2, 0.25) is 0 Å². The smallest absolute Gasteiger partial charge is 0.360 e. The molecule has 0 saturated heterocycles. The molecule has 0 spiro atoms. The highest BCUT2D eigenvalue weighted by Crippen LogP contribution is 2.42. The molecule has 0 unspecified atom stereocenters. The zero-order chi connectivity index (χ0) is 15.9. The van der Waals surface area contributed by atoms with Crippen molar-refractivity contribution in [1.82, 2.24) is 19.7 Å². The first-order valence-corrected chi connectivity index (χ1v) is 7.30. The summed E-state index contributed by atoms with van der Waals surface area (Å²) in [5.74, 6) is 0.0808. The van der Waals surface area contributed by atoms with Gasteiger partial charge < -0.3 is 10.1 Å². The number of carbonyl (C=O) groups excluding carboxylic acids is 1. The van der Waals surface area contributed by atoms with Crippen LogP contribution in [0.1, 0.15) is 40.6 Å². The maximum absolute atomic E-state index is 11.9. The summed E-state index contributed by atoms with van der Waals surface area (Å²) in [7, 11) is 3.14. The molecular formula is C14H16ClN5O2. The van der Waals surface area contributed by atoms with Gasteiger partial charge in [-0.25, -0.2) is 14.8 Å². The average molecular weight is 322 g/mol. The number of hydrogen-bond acceptors (Lipinski definition) is 6. The van der Waals surface area contributed by atoms with Crippen molar-refractivity contribution in [2.45, 2.75) is 25.7 Å². The zero-order valence-electron chi connectivity index (χ0n) is 12.6. The Morgan fingerprint density at radius 2 is 2.18 bits per heavy atom. The van der Waals surface area contributed by atoms with Crippen molar-refractivity contribution in [3.05, 3.63) is 28.4 Å². The Bertz CT molecular complexity index is 739. The zero-order valence-corrected chi connectivity index (χ0v) is 13.3. The standard InChI is InChI=1S/C14H16ClN5O2/c1-7-9(6-16-20(7)2)17-13-11(14(21)22-3)18-12(15)10(19-13)8-4-5-8/h6,8H,4-5H2,1-3H3,(H,17,19). The fourth-order valence-electron chi connectivity index (χ4n) is 2.12. The first-order chi connectivity index (χ1) is 10.5. The number of aryl methyl sites for hydroxylation is 1. The molecule has 0 amide bonds. The van der Waals surface area contributed by atoms with E-state index >= 15 is 0 Å². The molecule has 0 bridgehead atoms. The molecule has 2 aromatic rings. The van der Waals surface area contributed by atoms with Gasteiger partial charge >= 0.3 is 5.97 Å². The van der Waals surface area contributed by atoms with Crippen LogP contribution in [0, 0.1) is 6.92 Å². The lowest BCUT2D eigenvalue weighted by molar-refractivity contribution is 0.0595. The first-order valence-electron chi connectivity index (χ1n) is 6.92. The van der Waals surface area contributed by atoms with Crippen LogP contribution < -0.4 is 5.32 Å². The van der Waals surface area contributed by atoms with Crippen molar-refractivity contribution in [1.29, 1.82) is 0 Å². The molecule has 2 heterocycles. The Labute approximate surface area is 132 Å². The Morgan fingerprint density at radius 3 is 2.73 bits per heavy atom. The second-order valence-corrected chi connectivity index (χ2v) is 5.61. The number of nitrogens with one attached hydrogen (secondary N) is 1. The number of carbonyl (C=O) groups is 1. The van der Waals surface area contributed by atoms with Gasteiger partial charge in [-0.05, 0) is 19.8 Å². The van der Waals surface area contributed by atoms with Gasteiger partial charge in [-0.15, -0.1) is 0 Å². The summed E-state index contributed by atoms with van der Waals surface area (Å²) < 4.78 is 6.49. The Hall–Kier alpha value is -2.15. The summed E-state index contributed by atoms with van der Waals surface area (Å²) in [5, 5.41) is 7.53. The van der Waals surface area contributed by atoms with E-state index < -0.39 is 5.97 Å². The summed E-state index contributed by atoms with van der Waals surface area (Å²) in [6.07, 6.45) is 3.75. The number of esters is 1. The van der Waals surface area contributed by atoms with Crippen molar-refractivity contribution >= 4 is 29.1 Å². The minimum Gasteiger partial charge on any atom is -0.464 e. The minimum atomic E-state index is -0.583. The van der Waals surface area contributed by atoms with Crippen LogP contribution >= 0.6 is 11.6 Å². The summed E-state index contributed by atoms with van der Waals surface area (Å²) in [4.78, 5) is 20.6. The van der Waals surface area contributed by atoms with Crippen LogP contribution in [0.15, 0.2) is 6.20 Å². The lowest BCUT2D eigenvalue weighted by atomic mass is 10.3. The van der Waals surface area contributed by atoms with Crippen LogP contribution in [-0.2, 0) is 11.8 Å². The van der Waals surface area contributed by atoms with E-state index in [-0.39, 0.29) is 10.8 Å². The van der Waals surface area contributed by atoms with Gasteiger partial charge in [-0.1, -0.05) is 11.6 Å². The van der Waals surface area contributed by atoms with Crippen molar-refractivity contribution < 1.29 is 9.53 Å². The van der Waals surface area contributed by atoms with Gasteiger partial charge in [0.05, 0.1) is 30.4 Å². The minimum absolute atomic E-state index is 0.0696. The molecule has 1 fully saturated rings. The van der Waals surface area contributed by atoms with E-state index in [1.807, 2.05) is 14.0 Å². The normalized spacial score (nSPS) is 14.0. The molecule has 7 nitrogen and oxygen atoms in total. The quantitative estimate of drug-likeness (QED) is 0.872. The summed E-state index contributed by atoms with van der Waals surface area (Å²) in [6.45, 7) is 1.91. The van der Waals surface area contributed by atoms with Crippen LogP contribution in [0.2, 0.25) is 5.15 Å². The summed E-state index contributed by atoms with van der Waals surface area (Å²) >= 11 is 6.15. The predicted octanol–water partition coefficient (Wildman–Crippen LogP) is 2.58. The number of halogens is 1. The average Bonchev–Trinajstić information content (AvgIpc) is 3.30. The lowest BCUT2D eigenvalue weighted by Crippen LogP contribution is -2.12. The van der Waals surface area contributed by atoms with Gasteiger partial charge in [0.25, 0.3) is 0 Å². The Kier molecular flexibility index (Phi) is 3.74. The number of ether oxygens (including phenoxy) is 1. The fraction of sp³-hybridized carbons (Fsp3) is 0.429. The third-order valence-corrected chi connectivity index (χ3v) is 3.99. The van der Waals surface area contributed by atoms with Crippen molar-refractivity contribution in [3.8, 4) is 0 Å². The van der Waals surface area contributed by atoms with Crippen molar-refractivity contribution in [2.75, 3.05) is 12.4 Å². The van der Waals surface area contributed by atoms with Gasteiger partial charge in [0, 0.05) is 13.0 Å². The number of aromatic nitrogens is 4. The fourth-order valence-corrected chi connectivity index (χ4v) is 2.40.